The molecule has 0 aliphatic rings. The third-order valence-corrected chi connectivity index (χ3v) is 6.21. The monoisotopic (exact) mass is 528 g/mol. The van der Waals surface area contributed by atoms with Crippen molar-refractivity contribution in [2.45, 2.75) is 82.8 Å². The summed E-state index contributed by atoms with van der Waals surface area (Å²) < 4.78 is 5.37. The molecule has 5 atom stereocenters. The van der Waals surface area contributed by atoms with Crippen LogP contribution in [0.5, 0.6) is 0 Å². The van der Waals surface area contributed by atoms with E-state index < -0.39 is 59.6 Å². The number of alkyl carbamates (subject to hydrolysis) is 1. The van der Waals surface area contributed by atoms with Gasteiger partial charge in [0.15, 0.2) is 5.78 Å². The minimum Gasteiger partial charge on any atom is -0.444 e. The molecule has 2 aromatic carbocycles. The minimum absolute atomic E-state index is 0.117. The van der Waals surface area contributed by atoms with Gasteiger partial charge in [0, 0.05) is 19.3 Å². The van der Waals surface area contributed by atoms with Crippen LogP contribution in [0.1, 0.15) is 51.7 Å². The number of carbonyl (C=O) groups is 3. The molecule has 0 spiro atoms. The van der Waals surface area contributed by atoms with E-state index in [9.17, 15) is 29.7 Å². The van der Waals surface area contributed by atoms with Crippen LogP contribution in [0.25, 0.3) is 0 Å². The van der Waals surface area contributed by atoms with Gasteiger partial charge >= 0.3 is 6.09 Å². The first-order valence-electron chi connectivity index (χ1n) is 12.7. The molecular weight excluding hydrogens is 488 g/mol. The number of benzene rings is 2. The molecule has 0 heterocycles. The summed E-state index contributed by atoms with van der Waals surface area (Å²) in [5.41, 5.74) is 3.82. The Kier molecular flexibility index (Phi) is 11.0. The Morgan fingerprint density at radius 2 is 1.47 bits per heavy atom. The van der Waals surface area contributed by atoms with Gasteiger partial charge in [0.25, 0.3) is 0 Å². The summed E-state index contributed by atoms with van der Waals surface area (Å²) in [7, 11) is 0. The van der Waals surface area contributed by atoms with Crippen LogP contribution in [-0.2, 0) is 27.2 Å². The van der Waals surface area contributed by atoms with E-state index in [1.165, 1.54) is 6.92 Å². The molecule has 0 aliphatic heterocycles. The van der Waals surface area contributed by atoms with Crippen LogP contribution in [-0.4, -0.2) is 62.6 Å². The second-order valence-corrected chi connectivity index (χ2v) is 10.9. The average Bonchev–Trinajstić information content (AvgIpc) is 2.83. The lowest BCUT2D eigenvalue weighted by Gasteiger charge is -2.34. The van der Waals surface area contributed by atoms with Crippen molar-refractivity contribution in [3.63, 3.8) is 0 Å². The van der Waals surface area contributed by atoms with Gasteiger partial charge in [0.05, 0.1) is 12.1 Å². The zero-order valence-corrected chi connectivity index (χ0v) is 22.5. The third kappa shape index (κ3) is 9.89. The second kappa shape index (κ2) is 13.5. The van der Waals surface area contributed by atoms with Crippen molar-refractivity contribution >= 4 is 17.8 Å². The molecule has 0 aliphatic carbocycles. The molecule has 9 nitrogen and oxygen atoms in total. The summed E-state index contributed by atoms with van der Waals surface area (Å²) in [5, 5.41) is 35.7. The predicted molar refractivity (Wildman–Crippen MR) is 143 cm³/mol. The molecular formula is C29H40N2O7. The van der Waals surface area contributed by atoms with E-state index in [1.807, 2.05) is 30.3 Å². The fourth-order valence-corrected chi connectivity index (χ4v) is 4.19. The first-order chi connectivity index (χ1) is 17.7. The van der Waals surface area contributed by atoms with Crippen LogP contribution in [0.3, 0.4) is 0 Å². The highest BCUT2D eigenvalue weighted by Crippen LogP contribution is 2.27. The summed E-state index contributed by atoms with van der Waals surface area (Å²) in [6.07, 6.45) is -4.31. The van der Waals surface area contributed by atoms with Gasteiger partial charge in [-0.2, -0.15) is 0 Å². The SMILES string of the molecule is CC(CC(=O)[C@](O)(Cc1ccccc1)C[C@H](O)[C@H](Cc1ccccc1)NC(=O)OC(C)(C)C)[C@H](O)C(N)=O. The minimum atomic E-state index is -2.06. The van der Waals surface area contributed by atoms with Crippen LogP contribution >= 0.6 is 0 Å². The summed E-state index contributed by atoms with van der Waals surface area (Å²) in [5.74, 6) is -2.48. The maximum Gasteiger partial charge on any atom is 0.407 e. The fraction of sp³-hybridized carbons (Fsp3) is 0.483. The van der Waals surface area contributed by atoms with Gasteiger partial charge in [-0.3, -0.25) is 9.59 Å². The van der Waals surface area contributed by atoms with Crippen molar-refractivity contribution in [1.82, 2.24) is 5.32 Å². The number of carbonyl (C=O) groups excluding carboxylic acids is 3. The van der Waals surface area contributed by atoms with Gasteiger partial charge in [-0.05, 0) is 44.2 Å². The summed E-state index contributed by atoms with van der Waals surface area (Å²) in [4.78, 5) is 37.4. The number of ketones is 1. The largest absolute Gasteiger partial charge is 0.444 e. The number of hydrogen-bond donors (Lipinski definition) is 5. The lowest BCUT2D eigenvalue weighted by molar-refractivity contribution is -0.144. The molecule has 208 valence electrons. The third-order valence-electron chi connectivity index (χ3n) is 6.21. The highest BCUT2D eigenvalue weighted by Gasteiger charge is 2.41. The predicted octanol–water partition coefficient (Wildman–Crippen LogP) is 2.29. The molecule has 0 radical (unpaired) electrons. The van der Waals surface area contributed by atoms with Gasteiger partial charge in [0.1, 0.15) is 17.3 Å². The Morgan fingerprint density at radius 1 is 0.947 bits per heavy atom. The molecule has 0 bridgehead atoms. The van der Waals surface area contributed by atoms with Crippen LogP contribution in [0, 0.1) is 5.92 Å². The first-order valence-corrected chi connectivity index (χ1v) is 12.7. The topological polar surface area (TPSA) is 159 Å². The molecule has 0 saturated carbocycles. The lowest BCUT2D eigenvalue weighted by atomic mass is 9.79. The second-order valence-electron chi connectivity index (χ2n) is 10.9. The Morgan fingerprint density at radius 3 is 1.97 bits per heavy atom. The van der Waals surface area contributed by atoms with E-state index in [1.54, 1.807) is 51.1 Å². The zero-order chi connectivity index (χ0) is 28.5. The van der Waals surface area contributed by atoms with Gasteiger partial charge in [-0.1, -0.05) is 67.6 Å². The number of amides is 2. The molecule has 38 heavy (non-hydrogen) atoms. The Bertz CT molecular complexity index is 1060. The number of nitrogens with one attached hydrogen (secondary N) is 1. The molecule has 9 heteroatoms. The Hall–Kier alpha value is -3.27. The molecule has 0 aromatic heterocycles. The fourth-order valence-electron chi connectivity index (χ4n) is 4.19. The van der Waals surface area contributed by atoms with Crippen molar-refractivity contribution in [3.05, 3.63) is 71.8 Å². The van der Waals surface area contributed by atoms with Gasteiger partial charge < -0.3 is 31.1 Å². The quantitative estimate of drug-likeness (QED) is 0.267. The van der Waals surface area contributed by atoms with Crippen LogP contribution in [0.4, 0.5) is 4.79 Å². The van der Waals surface area contributed by atoms with Gasteiger partial charge in [-0.15, -0.1) is 0 Å². The Labute approximate surface area is 224 Å². The lowest BCUT2D eigenvalue weighted by Crippen LogP contribution is -2.52. The summed E-state index contributed by atoms with van der Waals surface area (Å²) in [6, 6.07) is 17.1. The zero-order valence-electron chi connectivity index (χ0n) is 22.5. The van der Waals surface area contributed by atoms with E-state index in [-0.39, 0.29) is 19.3 Å². The number of aliphatic hydroxyl groups excluding tert-OH is 2. The number of rotatable bonds is 13. The van der Waals surface area contributed by atoms with Crippen LogP contribution in [0.15, 0.2) is 60.7 Å². The van der Waals surface area contributed by atoms with Gasteiger partial charge in [-0.25, -0.2) is 4.79 Å². The molecule has 1 unspecified atom stereocenters. The number of Topliss-reactive ketones (excluding diaryl/α,β-unsaturated/α-hetero) is 1. The smallest absolute Gasteiger partial charge is 0.407 e. The highest BCUT2D eigenvalue weighted by atomic mass is 16.6. The van der Waals surface area contributed by atoms with Crippen LogP contribution in [0.2, 0.25) is 0 Å². The average molecular weight is 529 g/mol. The molecule has 6 N–H and O–H groups in total. The number of hydrogen-bond acceptors (Lipinski definition) is 7. The maximum atomic E-state index is 13.4. The van der Waals surface area contributed by atoms with E-state index in [0.717, 1.165) is 5.56 Å². The molecule has 0 fully saturated rings. The number of aliphatic hydroxyl groups is 3. The number of nitrogens with two attached hydrogens (primary N) is 1. The maximum absolute atomic E-state index is 13.4. The standard InChI is InChI=1S/C29H40N2O7/c1-19(25(34)26(30)35)15-24(33)29(37,17-21-13-9-6-10-14-21)18-23(32)22(16-20-11-7-5-8-12-20)31-27(36)38-28(2,3)4/h5-14,19,22-23,25,32,34,37H,15-18H2,1-4H3,(H2,30,35)(H,31,36)/t19?,22-,23-,25-,29-/m0/s1. The van der Waals surface area contributed by atoms with Crippen LogP contribution < -0.4 is 11.1 Å². The van der Waals surface area contributed by atoms with Crippen molar-refractivity contribution in [1.29, 1.82) is 0 Å². The van der Waals surface area contributed by atoms with Crippen molar-refractivity contribution in [2.24, 2.45) is 11.7 Å². The number of primary amides is 1. The van der Waals surface area contributed by atoms with Gasteiger partial charge in [0.2, 0.25) is 5.91 Å². The Balaban J connectivity index is 2.34. The molecule has 0 saturated heterocycles. The van der Waals surface area contributed by atoms with E-state index >= 15 is 0 Å². The van der Waals surface area contributed by atoms with Crippen molar-refractivity contribution in [3.8, 4) is 0 Å². The van der Waals surface area contributed by atoms with E-state index in [2.05, 4.69) is 5.32 Å². The summed E-state index contributed by atoms with van der Waals surface area (Å²) >= 11 is 0. The van der Waals surface area contributed by atoms with Crippen molar-refractivity contribution in [2.75, 3.05) is 0 Å². The highest BCUT2D eigenvalue weighted by molar-refractivity contribution is 5.88. The molecule has 2 aromatic rings. The number of ether oxygens (including phenoxy) is 1. The summed E-state index contributed by atoms with van der Waals surface area (Å²) in [6.45, 7) is 6.63. The van der Waals surface area contributed by atoms with E-state index in [0.29, 0.717) is 5.56 Å². The first kappa shape index (κ1) is 31.0. The molecule has 2 rings (SSSR count). The van der Waals surface area contributed by atoms with Crippen molar-refractivity contribution < 1.29 is 34.4 Å². The van der Waals surface area contributed by atoms with E-state index in [4.69, 9.17) is 10.5 Å². The molecule has 2 amide bonds. The normalized spacial score (nSPS) is 16.4.